The molecule has 0 heterocycles. The molecule has 0 aliphatic rings. The lowest BCUT2D eigenvalue weighted by Crippen LogP contribution is -2.41. The predicted molar refractivity (Wildman–Crippen MR) is 92.5 cm³/mol. The highest BCUT2D eigenvalue weighted by atomic mass is 32.2. The Morgan fingerprint density at radius 1 is 1.16 bits per heavy atom. The molecule has 25 heavy (non-hydrogen) atoms. The number of ether oxygens (including phenoxy) is 1. The number of halogens is 1. The second-order valence-electron chi connectivity index (χ2n) is 5.49. The summed E-state index contributed by atoms with van der Waals surface area (Å²) in [5.74, 6) is -0.815. The topological polar surface area (TPSA) is 84.5 Å². The zero-order valence-corrected chi connectivity index (χ0v) is 14.9. The minimum atomic E-state index is -3.96. The van der Waals surface area contributed by atoms with E-state index in [1.165, 1.54) is 44.4 Å². The monoisotopic (exact) mass is 366 g/mol. The van der Waals surface area contributed by atoms with Crippen LogP contribution in [0.25, 0.3) is 0 Å². The number of carbonyl (C=O) groups is 1. The van der Waals surface area contributed by atoms with Crippen molar-refractivity contribution in [3.05, 3.63) is 53.8 Å². The molecule has 6 nitrogen and oxygen atoms in total. The van der Waals surface area contributed by atoms with Crippen molar-refractivity contribution in [3.8, 4) is 5.75 Å². The smallest absolute Gasteiger partial charge is 0.244 e. The molecule has 8 heteroatoms. The van der Waals surface area contributed by atoms with Crippen LogP contribution < -0.4 is 14.8 Å². The summed E-state index contributed by atoms with van der Waals surface area (Å²) in [5.41, 5.74) is 1.11. The van der Waals surface area contributed by atoms with Crippen LogP contribution in [0.3, 0.4) is 0 Å². The van der Waals surface area contributed by atoms with Gasteiger partial charge in [-0.25, -0.2) is 12.8 Å². The van der Waals surface area contributed by atoms with Crippen molar-refractivity contribution in [3.63, 3.8) is 0 Å². The molecular formula is C17H19FN2O4S. The van der Waals surface area contributed by atoms with Gasteiger partial charge >= 0.3 is 0 Å². The molecule has 0 aromatic heterocycles. The third kappa shape index (κ3) is 4.77. The molecule has 2 aromatic carbocycles. The number of sulfonamides is 1. The van der Waals surface area contributed by atoms with Crippen LogP contribution >= 0.6 is 0 Å². The zero-order valence-electron chi connectivity index (χ0n) is 14.0. The molecule has 0 fully saturated rings. The summed E-state index contributed by atoms with van der Waals surface area (Å²) in [4.78, 5) is 12.1. The lowest BCUT2D eigenvalue weighted by Gasteiger charge is -2.16. The van der Waals surface area contributed by atoms with Gasteiger partial charge in [0.2, 0.25) is 15.9 Å². The van der Waals surface area contributed by atoms with E-state index in [1.54, 1.807) is 19.1 Å². The molecule has 0 spiro atoms. The van der Waals surface area contributed by atoms with Crippen LogP contribution in [0.15, 0.2) is 47.4 Å². The van der Waals surface area contributed by atoms with E-state index < -0.39 is 27.8 Å². The summed E-state index contributed by atoms with van der Waals surface area (Å²) in [7, 11) is -2.60. The first-order valence-corrected chi connectivity index (χ1v) is 8.94. The molecule has 0 saturated heterocycles. The summed E-state index contributed by atoms with van der Waals surface area (Å²) in [6.45, 7) is 3.17. The van der Waals surface area contributed by atoms with Gasteiger partial charge in [0.25, 0.3) is 0 Å². The lowest BCUT2D eigenvalue weighted by molar-refractivity contribution is -0.117. The van der Waals surface area contributed by atoms with Crippen LogP contribution in [0.5, 0.6) is 5.75 Å². The largest absolute Gasteiger partial charge is 0.495 e. The molecule has 2 rings (SSSR count). The number of methoxy groups -OCH3 is 1. The standard InChI is InChI=1S/C17H19FN2O4S/c1-11-4-9-15(24-3)16(10-11)25(22,23)20-12(2)17(21)19-14-7-5-13(18)6-8-14/h4-10,12,20H,1-3H3,(H,19,21)/t12-/m0/s1. The van der Waals surface area contributed by atoms with Gasteiger partial charge in [-0.05, 0) is 55.8 Å². The van der Waals surface area contributed by atoms with Gasteiger partial charge in [0.15, 0.2) is 0 Å². The Morgan fingerprint density at radius 3 is 2.40 bits per heavy atom. The number of aryl methyl sites for hydroxylation is 1. The SMILES string of the molecule is COc1ccc(C)cc1S(=O)(=O)N[C@@H](C)C(=O)Nc1ccc(F)cc1. The highest BCUT2D eigenvalue weighted by Gasteiger charge is 2.25. The quantitative estimate of drug-likeness (QED) is 0.822. The third-order valence-corrected chi connectivity index (χ3v) is 5.01. The van der Waals surface area contributed by atoms with Crippen LogP contribution in [0.1, 0.15) is 12.5 Å². The molecule has 134 valence electrons. The fourth-order valence-corrected chi connectivity index (χ4v) is 3.58. The van der Waals surface area contributed by atoms with Crippen molar-refractivity contribution in [2.75, 3.05) is 12.4 Å². The number of rotatable bonds is 6. The van der Waals surface area contributed by atoms with Gasteiger partial charge in [0.05, 0.1) is 13.2 Å². The molecule has 0 aliphatic carbocycles. The van der Waals surface area contributed by atoms with Crippen LogP contribution in [0.2, 0.25) is 0 Å². The Kier molecular flexibility index (Phi) is 5.76. The van der Waals surface area contributed by atoms with E-state index >= 15 is 0 Å². The van der Waals surface area contributed by atoms with Crippen molar-refractivity contribution in [1.82, 2.24) is 4.72 Å². The molecule has 2 aromatic rings. The molecule has 1 amide bonds. The molecule has 0 aliphatic heterocycles. The molecular weight excluding hydrogens is 347 g/mol. The third-order valence-electron chi connectivity index (χ3n) is 3.45. The lowest BCUT2D eigenvalue weighted by atomic mass is 10.2. The fraction of sp³-hybridized carbons (Fsp3) is 0.235. The number of anilines is 1. The number of amides is 1. The van der Waals surface area contributed by atoms with Crippen molar-refractivity contribution >= 4 is 21.6 Å². The van der Waals surface area contributed by atoms with Gasteiger partial charge < -0.3 is 10.1 Å². The maximum absolute atomic E-state index is 12.9. The van der Waals surface area contributed by atoms with Crippen molar-refractivity contribution in [1.29, 1.82) is 0 Å². The summed E-state index contributed by atoms with van der Waals surface area (Å²) < 4.78 is 45.4. The average molecular weight is 366 g/mol. The van der Waals surface area contributed by atoms with Gasteiger partial charge in [-0.2, -0.15) is 4.72 Å². The van der Waals surface area contributed by atoms with E-state index in [2.05, 4.69) is 10.0 Å². The van der Waals surface area contributed by atoms with E-state index in [-0.39, 0.29) is 10.6 Å². The number of hydrogen-bond acceptors (Lipinski definition) is 4. The second-order valence-corrected chi connectivity index (χ2v) is 7.18. The fourth-order valence-electron chi connectivity index (χ4n) is 2.13. The van der Waals surface area contributed by atoms with Gasteiger partial charge in [-0.1, -0.05) is 6.07 Å². The number of benzene rings is 2. The molecule has 2 N–H and O–H groups in total. The highest BCUT2D eigenvalue weighted by molar-refractivity contribution is 7.89. The molecule has 0 unspecified atom stereocenters. The van der Waals surface area contributed by atoms with Gasteiger partial charge in [-0.15, -0.1) is 0 Å². The first-order valence-electron chi connectivity index (χ1n) is 7.46. The second kappa shape index (κ2) is 7.62. The zero-order chi connectivity index (χ0) is 18.6. The Bertz CT molecular complexity index is 867. The molecule has 0 saturated carbocycles. The van der Waals surface area contributed by atoms with Crippen molar-refractivity contribution in [2.24, 2.45) is 0 Å². The molecule has 0 bridgehead atoms. The van der Waals surface area contributed by atoms with Crippen LogP contribution in [0.4, 0.5) is 10.1 Å². The van der Waals surface area contributed by atoms with E-state index in [0.717, 1.165) is 5.56 Å². The van der Waals surface area contributed by atoms with Crippen LogP contribution in [0, 0.1) is 12.7 Å². The minimum absolute atomic E-state index is 0.0450. The predicted octanol–water partition coefficient (Wildman–Crippen LogP) is 2.45. The summed E-state index contributed by atoms with van der Waals surface area (Å²) >= 11 is 0. The van der Waals surface area contributed by atoms with E-state index in [0.29, 0.717) is 5.69 Å². The maximum Gasteiger partial charge on any atom is 0.244 e. The summed E-state index contributed by atoms with van der Waals surface area (Å²) in [5, 5.41) is 2.52. The number of hydrogen-bond donors (Lipinski definition) is 2. The molecule has 1 atom stereocenters. The highest BCUT2D eigenvalue weighted by Crippen LogP contribution is 2.24. The van der Waals surface area contributed by atoms with Gasteiger partial charge in [0.1, 0.15) is 16.5 Å². The van der Waals surface area contributed by atoms with E-state index in [9.17, 15) is 17.6 Å². The van der Waals surface area contributed by atoms with Gasteiger partial charge in [-0.3, -0.25) is 4.79 Å². The Hall–Kier alpha value is -2.45. The van der Waals surface area contributed by atoms with Crippen molar-refractivity contribution in [2.45, 2.75) is 24.8 Å². The average Bonchev–Trinajstić information content (AvgIpc) is 2.56. The first kappa shape index (κ1) is 18.9. The van der Waals surface area contributed by atoms with E-state index in [4.69, 9.17) is 4.74 Å². The van der Waals surface area contributed by atoms with Gasteiger partial charge in [0, 0.05) is 5.69 Å². The summed E-state index contributed by atoms with van der Waals surface area (Å²) in [6, 6.07) is 8.86. The van der Waals surface area contributed by atoms with Crippen LogP contribution in [-0.2, 0) is 14.8 Å². The van der Waals surface area contributed by atoms with E-state index in [1.807, 2.05) is 0 Å². The van der Waals surface area contributed by atoms with Crippen molar-refractivity contribution < 1.29 is 22.3 Å². The summed E-state index contributed by atoms with van der Waals surface area (Å²) in [6.07, 6.45) is 0. The minimum Gasteiger partial charge on any atom is -0.495 e. The number of carbonyl (C=O) groups excluding carboxylic acids is 1. The normalized spacial score (nSPS) is 12.5. The maximum atomic E-state index is 12.9. The Balaban J connectivity index is 2.15. The van der Waals surface area contributed by atoms with Crippen LogP contribution in [-0.4, -0.2) is 27.5 Å². The Morgan fingerprint density at radius 2 is 1.80 bits per heavy atom. The number of nitrogens with one attached hydrogen (secondary N) is 2. The first-order chi connectivity index (χ1) is 11.7. The molecule has 0 radical (unpaired) electrons. The Labute approximate surface area is 146 Å².